The van der Waals surface area contributed by atoms with Crippen molar-refractivity contribution in [1.29, 1.82) is 0 Å². The second-order valence-corrected chi connectivity index (χ2v) is 6.96. The van der Waals surface area contributed by atoms with Gasteiger partial charge in [-0.25, -0.2) is 4.98 Å². The summed E-state index contributed by atoms with van der Waals surface area (Å²) in [6, 6.07) is 25.7. The molecule has 0 saturated carbocycles. The summed E-state index contributed by atoms with van der Waals surface area (Å²) in [6.07, 6.45) is 0. The van der Waals surface area contributed by atoms with E-state index >= 15 is 0 Å². The van der Waals surface area contributed by atoms with Gasteiger partial charge in [-0.2, -0.15) is 0 Å². The van der Waals surface area contributed by atoms with Crippen LogP contribution in [0.5, 0.6) is 11.5 Å². The van der Waals surface area contributed by atoms with Gasteiger partial charge in [0.25, 0.3) is 0 Å². The third-order valence-electron chi connectivity index (χ3n) is 4.90. The molecule has 0 atom stereocenters. The van der Waals surface area contributed by atoms with Crippen LogP contribution in [-0.4, -0.2) is 17.2 Å². The van der Waals surface area contributed by atoms with Gasteiger partial charge in [0.15, 0.2) is 11.5 Å². The fourth-order valence-electron chi connectivity index (χ4n) is 3.30. The molecule has 0 saturated heterocycles. The minimum atomic E-state index is -0.0737. The molecule has 0 fully saturated rings. The zero-order chi connectivity index (χ0) is 20.8. The molecular formula is C25H24N2O3. The van der Waals surface area contributed by atoms with Gasteiger partial charge in [0.1, 0.15) is 12.4 Å². The highest BCUT2D eigenvalue weighted by atomic mass is 16.5. The molecule has 0 bridgehead atoms. The van der Waals surface area contributed by atoms with Crippen LogP contribution in [0.25, 0.3) is 10.9 Å². The Bertz CT molecular complexity index is 1130. The number of hydrogen-bond acceptors (Lipinski definition) is 5. The molecule has 0 aliphatic carbocycles. The first-order valence-electron chi connectivity index (χ1n) is 9.84. The van der Waals surface area contributed by atoms with Crippen LogP contribution in [0.15, 0.2) is 78.9 Å². The van der Waals surface area contributed by atoms with Crippen molar-refractivity contribution in [2.45, 2.75) is 19.8 Å². The molecule has 2 N–H and O–H groups in total. The lowest BCUT2D eigenvalue weighted by Crippen LogP contribution is -2.06. The van der Waals surface area contributed by atoms with Crippen LogP contribution in [-0.2, 0) is 19.8 Å². The molecule has 1 heterocycles. The number of aliphatic hydroxyl groups excluding tert-OH is 1. The Kier molecular flexibility index (Phi) is 6.11. The summed E-state index contributed by atoms with van der Waals surface area (Å²) < 4.78 is 11.4. The number of para-hydroxylation sites is 1. The van der Waals surface area contributed by atoms with Crippen molar-refractivity contribution < 1.29 is 14.6 Å². The van der Waals surface area contributed by atoms with Crippen LogP contribution >= 0.6 is 0 Å². The van der Waals surface area contributed by atoms with E-state index in [1.54, 1.807) is 7.11 Å². The van der Waals surface area contributed by atoms with E-state index in [1.165, 1.54) is 0 Å². The Morgan fingerprint density at radius 3 is 2.47 bits per heavy atom. The summed E-state index contributed by atoms with van der Waals surface area (Å²) in [5, 5.41) is 14.1. The van der Waals surface area contributed by atoms with Gasteiger partial charge in [-0.1, -0.05) is 54.6 Å². The van der Waals surface area contributed by atoms with Crippen molar-refractivity contribution in [2.75, 3.05) is 12.4 Å². The molecule has 1 aromatic heterocycles. The second-order valence-electron chi connectivity index (χ2n) is 6.96. The van der Waals surface area contributed by atoms with E-state index in [2.05, 4.69) is 10.3 Å². The minimum absolute atomic E-state index is 0.0737. The Balaban J connectivity index is 1.48. The molecule has 0 amide bonds. The van der Waals surface area contributed by atoms with Crippen LogP contribution in [0.3, 0.4) is 0 Å². The van der Waals surface area contributed by atoms with E-state index < -0.39 is 0 Å². The Hall–Kier alpha value is -3.57. The first kappa shape index (κ1) is 19.7. The van der Waals surface area contributed by atoms with E-state index in [0.29, 0.717) is 30.5 Å². The molecule has 0 unspecified atom stereocenters. The quantitative estimate of drug-likeness (QED) is 0.439. The predicted octanol–water partition coefficient (Wildman–Crippen LogP) is 4.93. The smallest absolute Gasteiger partial charge is 0.161 e. The van der Waals surface area contributed by atoms with E-state index in [0.717, 1.165) is 27.6 Å². The summed E-state index contributed by atoms with van der Waals surface area (Å²) in [7, 11) is 1.64. The largest absolute Gasteiger partial charge is 0.493 e. The number of methoxy groups -OCH3 is 1. The number of aliphatic hydroxyl groups is 1. The molecule has 5 nitrogen and oxygen atoms in total. The summed E-state index contributed by atoms with van der Waals surface area (Å²) in [6.45, 7) is 0.957. The monoisotopic (exact) mass is 400 g/mol. The molecule has 3 aromatic carbocycles. The number of anilines is 1. The highest BCUT2D eigenvalue weighted by molar-refractivity contribution is 5.81. The van der Waals surface area contributed by atoms with E-state index in [9.17, 15) is 5.11 Å². The van der Waals surface area contributed by atoms with E-state index in [4.69, 9.17) is 9.47 Å². The lowest BCUT2D eigenvalue weighted by Gasteiger charge is -2.14. The van der Waals surface area contributed by atoms with Gasteiger partial charge < -0.3 is 19.9 Å². The van der Waals surface area contributed by atoms with Crippen LogP contribution in [0, 0.1) is 0 Å². The molecule has 4 aromatic rings. The molecule has 0 aliphatic rings. The zero-order valence-electron chi connectivity index (χ0n) is 16.8. The van der Waals surface area contributed by atoms with Gasteiger partial charge in [0, 0.05) is 17.5 Å². The van der Waals surface area contributed by atoms with Gasteiger partial charge in [-0.3, -0.25) is 0 Å². The molecule has 0 aliphatic heterocycles. The van der Waals surface area contributed by atoms with Crippen molar-refractivity contribution in [3.8, 4) is 11.5 Å². The summed E-state index contributed by atoms with van der Waals surface area (Å²) in [5.74, 6) is 2.06. The third-order valence-corrected chi connectivity index (χ3v) is 4.90. The third kappa shape index (κ3) is 4.53. The van der Waals surface area contributed by atoms with Crippen molar-refractivity contribution in [3.05, 3.63) is 95.6 Å². The van der Waals surface area contributed by atoms with Gasteiger partial charge in [0.05, 0.1) is 19.2 Å². The maximum Gasteiger partial charge on any atom is 0.161 e. The maximum absolute atomic E-state index is 9.73. The lowest BCUT2D eigenvalue weighted by molar-refractivity contribution is 0.282. The highest BCUT2D eigenvalue weighted by Crippen LogP contribution is 2.29. The van der Waals surface area contributed by atoms with Gasteiger partial charge in [0.2, 0.25) is 0 Å². The Labute approximate surface area is 175 Å². The van der Waals surface area contributed by atoms with Crippen LogP contribution in [0.2, 0.25) is 0 Å². The highest BCUT2D eigenvalue weighted by Gasteiger charge is 2.09. The number of hydrogen-bond donors (Lipinski definition) is 2. The summed E-state index contributed by atoms with van der Waals surface area (Å²) in [4.78, 5) is 4.66. The zero-order valence-corrected chi connectivity index (χ0v) is 16.8. The normalized spacial score (nSPS) is 10.7. The fourth-order valence-corrected chi connectivity index (χ4v) is 3.30. The van der Waals surface area contributed by atoms with Crippen molar-refractivity contribution in [1.82, 2.24) is 4.98 Å². The second kappa shape index (κ2) is 9.29. The molecule has 0 spiro atoms. The van der Waals surface area contributed by atoms with E-state index in [1.807, 2.05) is 78.9 Å². The Morgan fingerprint density at radius 1 is 0.867 bits per heavy atom. The van der Waals surface area contributed by atoms with Crippen LogP contribution in [0.1, 0.15) is 16.7 Å². The average molecular weight is 400 g/mol. The molecule has 30 heavy (non-hydrogen) atoms. The summed E-state index contributed by atoms with van der Waals surface area (Å²) >= 11 is 0. The molecule has 0 radical (unpaired) electrons. The van der Waals surface area contributed by atoms with Crippen LogP contribution < -0.4 is 14.8 Å². The first-order chi connectivity index (χ1) is 14.8. The minimum Gasteiger partial charge on any atom is -0.493 e. The van der Waals surface area contributed by atoms with Crippen molar-refractivity contribution in [2.24, 2.45) is 0 Å². The topological polar surface area (TPSA) is 63.6 Å². The standard InChI is InChI=1S/C25H24N2O3/c1-29-24-13-19(11-12-23(24)30-17-18-7-3-2-4-8-18)15-26-25-21(16-28)14-20-9-5-6-10-22(20)27-25/h2-14,28H,15-17H2,1H3,(H,26,27). The summed E-state index contributed by atoms with van der Waals surface area (Å²) in [5.41, 5.74) is 3.78. The number of rotatable bonds is 8. The predicted molar refractivity (Wildman–Crippen MR) is 119 cm³/mol. The molecular weight excluding hydrogens is 376 g/mol. The number of fused-ring (bicyclic) bond motifs is 1. The lowest BCUT2D eigenvalue weighted by atomic mass is 10.1. The first-order valence-corrected chi connectivity index (χ1v) is 9.84. The van der Waals surface area contributed by atoms with E-state index in [-0.39, 0.29) is 6.61 Å². The average Bonchev–Trinajstić information content (AvgIpc) is 2.81. The van der Waals surface area contributed by atoms with Gasteiger partial charge in [-0.15, -0.1) is 0 Å². The fraction of sp³-hybridized carbons (Fsp3) is 0.160. The molecule has 4 rings (SSSR count). The van der Waals surface area contributed by atoms with Crippen molar-refractivity contribution in [3.63, 3.8) is 0 Å². The number of nitrogens with zero attached hydrogens (tertiary/aromatic N) is 1. The van der Waals surface area contributed by atoms with Gasteiger partial charge >= 0.3 is 0 Å². The number of ether oxygens (including phenoxy) is 2. The maximum atomic E-state index is 9.73. The number of nitrogens with one attached hydrogen (secondary N) is 1. The van der Waals surface area contributed by atoms with Crippen molar-refractivity contribution >= 4 is 16.7 Å². The Morgan fingerprint density at radius 2 is 1.67 bits per heavy atom. The SMILES string of the molecule is COc1cc(CNc2nc3ccccc3cc2CO)ccc1OCc1ccccc1. The molecule has 5 heteroatoms. The van der Waals surface area contributed by atoms with Crippen LogP contribution in [0.4, 0.5) is 5.82 Å². The number of benzene rings is 3. The number of aromatic nitrogens is 1. The van der Waals surface area contributed by atoms with Gasteiger partial charge in [-0.05, 0) is 35.4 Å². The number of pyridine rings is 1. The molecule has 152 valence electrons.